The minimum Gasteiger partial charge on any atom is -0.468 e. The zero-order valence-corrected chi connectivity index (χ0v) is 8.67. The van der Waals surface area contributed by atoms with Gasteiger partial charge in [0.05, 0.1) is 7.11 Å². The zero-order valence-electron chi connectivity index (χ0n) is 8.67. The first-order chi connectivity index (χ1) is 6.15. The number of hydrogen-bond acceptors (Lipinski definition) is 3. The van der Waals surface area contributed by atoms with E-state index < -0.39 is 0 Å². The van der Waals surface area contributed by atoms with Gasteiger partial charge in [-0.3, -0.25) is 4.79 Å². The van der Waals surface area contributed by atoms with Gasteiger partial charge in [0.2, 0.25) is 0 Å². The maximum atomic E-state index is 11.3. The van der Waals surface area contributed by atoms with Crippen molar-refractivity contribution in [2.45, 2.75) is 45.2 Å². The lowest BCUT2D eigenvalue weighted by Gasteiger charge is -2.31. The fourth-order valence-corrected chi connectivity index (χ4v) is 1.49. The quantitative estimate of drug-likeness (QED) is 0.671. The van der Waals surface area contributed by atoms with Crippen molar-refractivity contribution in [3.8, 4) is 0 Å². The van der Waals surface area contributed by atoms with E-state index in [-0.39, 0.29) is 12.0 Å². The van der Waals surface area contributed by atoms with Gasteiger partial charge in [0.1, 0.15) is 6.04 Å². The third kappa shape index (κ3) is 2.69. The van der Waals surface area contributed by atoms with Gasteiger partial charge in [-0.05, 0) is 18.8 Å². The van der Waals surface area contributed by atoms with Crippen molar-refractivity contribution in [1.82, 2.24) is 5.32 Å². The van der Waals surface area contributed by atoms with Crippen molar-refractivity contribution in [2.75, 3.05) is 7.11 Å². The third-order valence-corrected chi connectivity index (χ3v) is 2.64. The highest BCUT2D eigenvalue weighted by Crippen LogP contribution is 2.20. The molecule has 0 radical (unpaired) electrons. The molecule has 76 valence electrons. The van der Waals surface area contributed by atoms with E-state index in [4.69, 9.17) is 4.74 Å². The second kappa shape index (κ2) is 4.61. The van der Waals surface area contributed by atoms with Crippen molar-refractivity contribution in [2.24, 2.45) is 5.92 Å². The lowest BCUT2D eigenvalue weighted by Crippen LogP contribution is -2.49. The Balaban J connectivity index is 2.41. The number of nitrogens with one attached hydrogen (secondary N) is 1. The van der Waals surface area contributed by atoms with Gasteiger partial charge in [-0.2, -0.15) is 0 Å². The summed E-state index contributed by atoms with van der Waals surface area (Å²) in [5.41, 5.74) is 0. The van der Waals surface area contributed by atoms with Crippen LogP contribution in [0.3, 0.4) is 0 Å². The summed E-state index contributed by atoms with van der Waals surface area (Å²) < 4.78 is 4.74. The van der Waals surface area contributed by atoms with E-state index in [0.29, 0.717) is 12.0 Å². The minimum absolute atomic E-state index is 0.129. The number of carbonyl (C=O) groups is 1. The van der Waals surface area contributed by atoms with E-state index in [9.17, 15) is 4.79 Å². The van der Waals surface area contributed by atoms with Gasteiger partial charge in [-0.1, -0.05) is 20.3 Å². The fourth-order valence-electron chi connectivity index (χ4n) is 1.49. The van der Waals surface area contributed by atoms with Crippen molar-refractivity contribution in [1.29, 1.82) is 0 Å². The van der Waals surface area contributed by atoms with E-state index in [0.717, 1.165) is 0 Å². The van der Waals surface area contributed by atoms with Gasteiger partial charge < -0.3 is 10.1 Å². The molecule has 1 fully saturated rings. The van der Waals surface area contributed by atoms with Crippen molar-refractivity contribution in [3.63, 3.8) is 0 Å². The van der Waals surface area contributed by atoms with Crippen LogP contribution in [0.15, 0.2) is 0 Å². The van der Waals surface area contributed by atoms with E-state index >= 15 is 0 Å². The van der Waals surface area contributed by atoms with Crippen molar-refractivity contribution in [3.05, 3.63) is 0 Å². The summed E-state index contributed by atoms with van der Waals surface area (Å²) in [4.78, 5) is 11.3. The standard InChI is InChI=1S/C10H19NO2/c1-7(2)9(10(12)13-3)11-8-5-4-6-8/h7-9,11H,4-6H2,1-3H3. The topological polar surface area (TPSA) is 38.3 Å². The van der Waals surface area contributed by atoms with Gasteiger partial charge in [0.15, 0.2) is 0 Å². The second-order valence-corrected chi connectivity index (χ2v) is 4.04. The average molecular weight is 185 g/mol. The first-order valence-electron chi connectivity index (χ1n) is 4.99. The van der Waals surface area contributed by atoms with Gasteiger partial charge in [-0.15, -0.1) is 0 Å². The molecule has 1 rings (SSSR count). The van der Waals surface area contributed by atoms with E-state index in [1.165, 1.54) is 26.4 Å². The molecule has 3 heteroatoms. The summed E-state index contributed by atoms with van der Waals surface area (Å²) in [7, 11) is 1.44. The van der Waals surface area contributed by atoms with Crippen LogP contribution < -0.4 is 5.32 Å². The molecule has 1 saturated carbocycles. The molecule has 0 spiro atoms. The Kier molecular flexibility index (Phi) is 3.72. The molecule has 1 aliphatic carbocycles. The molecule has 1 aliphatic rings. The largest absolute Gasteiger partial charge is 0.468 e. The second-order valence-electron chi connectivity index (χ2n) is 4.04. The maximum absolute atomic E-state index is 11.3. The number of esters is 1. The molecule has 0 aromatic carbocycles. The van der Waals surface area contributed by atoms with Crippen LogP contribution in [0.2, 0.25) is 0 Å². The Bertz CT molecular complexity index is 176. The number of rotatable bonds is 4. The Labute approximate surface area is 79.8 Å². The highest BCUT2D eigenvalue weighted by Gasteiger charge is 2.28. The molecule has 13 heavy (non-hydrogen) atoms. The molecule has 0 saturated heterocycles. The highest BCUT2D eigenvalue weighted by atomic mass is 16.5. The molecule has 0 heterocycles. The van der Waals surface area contributed by atoms with Crippen LogP contribution in [0.1, 0.15) is 33.1 Å². The molecule has 0 aliphatic heterocycles. The molecule has 1 unspecified atom stereocenters. The molecular formula is C10H19NO2. The summed E-state index contributed by atoms with van der Waals surface area (Å²) in [5, 5.41) is 3.33. The van der Waals surface area contributed by atoms with Crippen LogP contribution in [0.4, 0.5) is 0 Å². The van der Waals surface area contributed by atoms with Crippen LogP contribution in [0.5, 0.6) is 0 Å². The fraction of sp³-hybridized carbons (Fsp3) is 0.900. The predicted molar refractivity (Wildman–Crippen MR) is 51.4 cm³/mol. The van der Waals surface area contributed by atoms with Crippen LogP contribution in [0.25, 0.3) is 0 Å². The zero-order chi connectivity index (χ0) is 9.84. The van der Waals surface area contributed by atoms with E-state index in [1.807, 2.05) is 13.8 Å². The highest BCUT2D eigenvalue weighted by molar-refractivity contribution is 5.75. The molecule has 0 aromatic rings. The lowest BCUT2D eigenvalue weighted by molar-refractivity contribution is -0.144. The summed E-state index contributed by atoms with van der Waals surface area (Å²) in [6, 6.07) is 0.404. The third-order valence-electron chi connectivity index (χ3n) is 2.64. The van der Waals surface area contributed by atoms with Gasteiger partial charge >= 0.3 is 5.97 Å². The summed E-state index contributed by atoms with van der Waals surface area (Å²) in [6.07, 6.45) is 3.67. The number of carbonyl (C=O) groups excluding carboxylic acids is 1. The molecular weight excluding hydrogens is 166 g/mol. The van der Waals surface area contributed by atoms with Gasteiger partial charge in [-0.25, -0.2) is 0 Å². The smallest absolute Gasteiger partial charge is 0.323 e. The SMILES string of the molecule is COC(=O)C(NC1CCC1)C(C)C. The monoisotopic (exact) mass is 185 g/mol. The van der Waals surface area contributed by atoms with Crippen LogP contribution in [0, 0.1) is 5.92 Å². The Morgan fingerprint density at radius 3 is 2.38 bits per heavy atom. The Morgan fingerprint density at radius 2 is 2.08 bits per heavy atom. The van der Waals surface area contributed by atoms with Crippen LogP contribution >= 0.6 is 0 Å². The average Bonchev–Trinajstić information content (AvgIpc) is 2.00. The predicted octanol–water partition coefficient (Wildman–Crippen LogP) is 1.33. The molecule has 0 aromatic heterocycles. The molecule has 0 bridgehead atoms. The normalized spacial score (nSPS) is 19.7. The first-order valence-corrected chi connectivity index (χ1v) is 4.99. The lowest BCUT2D eigenvalue weighted by atomic mass is 9.91. The van der Waals surface area contributed by atoms with Crippen LogP contribution in [-0.4, -0.2) is 25.2 Å². The van der Waals surface area contributed by atoms with Gasteiger partial charge in [0, 0.05) is 6.04 Å². The Hall–Kier alpha value is -0.570. The van der Waals surface area contributed by atoms with E-state index in [1.54, 1.807) is 0 Å². The van der Waals surface area contributed by atoms with E-state index in [2.05, 4.69) is 5.32 Å². The summed E-state index contributed by atoms with van der Waals surface area (Å²) >= 11 is 0. The number of hydrogen-bond donors (Lipinski definition) is 1. The Morgan fingerprint density at radius 1 is 1.46 bits per heavy atom. The molecule has 3 nitrogen and oxygen atoms in total. The first kappa shape index (κ1) is 10.5. The van der Waals surface area contributed by atoms with Gasteiger partial charge in [0.25, 0.3) is 0 Å². The van der Waals surface area contributed by atoms with Crippen molar-refractivity contribution < 1.29 is 9.53 Å². The van der Waals surface area contributed by atoms with Crippen molar-refractivity contribution >= 4 is 5.97 Å². The minimum atomic E-state index is -0.137. The molecule has 1 N–H and O–H groups in total. The maximum Gasteiger partial charge on any atom is 0.323 e. The molecule has 0 amide bonds. The van der Waals surface area contributed by atoms with Crippen LogP contribution in [-0.2, 0) is 9.53 Å². The summed E-state index contributed by atoms with van der Waals surface area (Å²) in [6.45, 7) is 4.07. The number of ether oxygens (including phenoxy) is 1. The molecule has 1 atom stereocenters. The number of methoxy groups -OCH3 is 1. The summed E-state index contributed by atoms with van der Waals surface area (Å²) in [5.74, 6) is 0.162.